The van der Waals surface area contributed by atoms with Crippen molar-refractivity contribution in [2.45, 2.75) is 12.6 Å². The third kappa shape index (κ3) is 4.99. The summed E-state index contributed by atoms with van der Waals surface area (Å²) in [5.74, 6) is 4.84. The summed E-state index contributed by atoms with van der Waals surface area (Å²) < 4.78 is 5.29. The molecule has 31 heavy (non-hydrogen) atoms. The van der Waals surface area contributed by atoms with Crippen LogP contribution in [0.5, 0.6) is 0 Å². The molecule has 3 amide bonds. The Morgan fingerprint density at radius 1 is 1.10 bits per heavy atom. The number of carbonyl (C=O) groups is 2. The summed E-state index contributed by atoms with van der Waals surface area (Å²) in [5.41, 5.74) is 4.21. The van der Waals surface area contributed by atoms with E-state index in [-0.39, 0.29) is 11.9 Å². The van der Waals surface area contributed by atoms with Gasteiger partial charge in [0.1, 0.15) is 0 Å². The maximum Gasteiger partial charge on any atom is 0.324 e. The number of urea groups is 1. The van der Waals surface area contributed by atoms with Crippen LogP contribution in [-0.2, 0) is 11.3 Å². The first-order valence-electron chi connectivity index (χ1n) is 10.3. The predicted octanol–water partition coefficient (Wildman–Crippen LogP) is 2.09. The van der Waals surface area contributed by atoms with Crippen molar-refractivity contribution in [1.82, 2.24) is 15.2 Å². The molecule has 2 saturated heterocycles. The second kappa shape index (κ2) is 9.65. The molecule has 2 fully saturated rings. The van der Waals surface area contributed by atoms with Crippen molar-refractivity contribution in [2.75, 3.05) is 44.3 Å². The minimum atomic E-state index is -0.357. The summed E-state index contributed by atoms with van der Waals surface area (Å²) in [7, 11) is 0. The van der Waals surface area contributed by atoms with Crippen LogP contribution in [0.15, 0.2) is 48.5 Å². The molecular formula is C22H26ClN5O3. The fourth-order valence-electron chi connectivity index (χ4n) is 3.82. The smallest absolute Gasteiger partial charge is 0.324 e. The predicted molar refractivity (Wildman–Crippen MR) is 119 cm³/mol. The number of nitrogens with two attached hydrogens (primary N) is 1. The van der Waals surface area contributed by atoms with Crippen LogP contribution in [0, 0.1) is 0 Å². The molecule has 0 atom stereocenters. The zero-order valence-electron chi connectivity index (χ0n) is 17.2. The number of nitrogen functional groups attached to an aromatic ring is 1. The summed E-state index contributed by atoms with van der Waals surface area (Å²) in [4.78, 5) is 31.2. The maximum absolute atomic E-state index is 13.5. The molecule has 2 aliphatic rings. The summed E-state index contributed by atoms with van der Waals surface area (Å²) in [6.07, 6.45) is 0. The van der Waals surface area contributed by atoms with E-state index in [4.69, 9.17) is 22.2 Å². The molecule has 8 nitrogen and oxygen atoms in total. The standard InChI is InChI=1S/C22H26ClN5O3/c23-18-2-1-3-19(12-18)28(13-16-4-6-17(7-5-16)21(29)25-24)22(30)27-10-8-26(9-11-27)20-14-31-15-20/h1-7,12,20H,8-11,13-15,24H2,(H,25,29). The van der Waals surface area contributed by atoms with E-state index in [9.17, 15) is 9.59 Å². The van der Waals surface area contributed by atoms with E-state index in [1.54, 1.807) is 29.2 Å². The molecule has 0 aromatic heterocycles. The third-order valence-electron chi connectivity index (χ3n) is 5.76. The van der Waals surface area contributed by atoms with Gasteiger partial charge in [-0.25, -0.2) is 10.6 Å². The quantitative estimate of drug-likeness (QED) is 0.419. The van der Waals surface area contributed by atoms with Gasteiger partial charge in [-0.2, -0.15) is 0 Å². The van der Waals surface area contributed by atoms with Gasteiger partial charge in [-0.1, -0.05) is 29.8 Å². The fraction of sp³-hybridized carbons (Fsp3) is 0.364. The Kier molecular flexibility index (Phi) is 6.72. The summed E-state index contributed by atoms with van der Waals surface area (Å²) in [5, 5.41) is 0.570. The van der Waals surface area contributed by atoms with Gasteiger partial charge in [0.05, 0.1) is 25.8 Å². The Morgan fingerprint density at radius 3 is 2.39 bits per heavy atom. The van der Waals surface area contributed by atoms with Crippen molar-refractivity contribution >= 4 is 29.2 Å². The van der Waals surface area contributed by atoms with Gasteiger partial charge in [-0.05, 0) is 35.9 Å². The van der Waals surface area contributed by atoms with Crippen molar-refractivity contribution in [3.05, 3.63) is 64.7 Å². The van der Waals surface area contributed by atoms with E-state index >= 15 is 0 Å². The van der Waals surface area contributed by atoms with Crippen molar-refractivity contribution < 1.29 is 14.3 Å². The second-order valence-electron chi connectivity index (χ2n) is 7.73. The SMILES string of the molecule is NNC(=O)c1ccc(CN(C(=O)N2CCN(C3COC3)CC2)c2cccc(Cl)c2)cc1. The van der Waals surface area contributed by atoms with E-state index in [1.165, 1.54) is 0 Å². The van der Waals surface area contributed by atoms with Gasteiger partial charge in [-0.15, -0.1) is 0 Å². The van der Waals surface area contributed by atoms with Crippen molar-refractivity contribution in [1.29, 1.82) is 0 Å². The number of nitrogens with one attached hydrogen (secondary N) is 1. The van der Waals surface area contributed by atoms with E-state index in [0.29, 0.717) is 36.3 Å². The topological polar surface area (TPSA) is 91.1 Å². The van der Waals surface area contributed by atoms with Crippen LogP contribution in [0.2, 0.25) is 5.02 Å². The van der Waals surface area contributed by atoms with E-state index in [2.05, 4.69) is 10.3 Å². The molecule has 0 radical (unpaired) electrons. The van der Waals surface area contributed by atoms with Gasteiger partial charge in [0.25, 0.3) is 5.91 Å². The Hall–Kier alpha value is -2.65. The number of hydrazine groups is 1. The number of carbonyl (C=O) groups excluding carboxylic acids is 2. The van der Waals surface area contributed by atoms with Gasteiger partial charge in [0.2, 0.25) is 0 Å². The normalized spacial score (nSPS) is 17.2. The summed E-state index contributed by atoms with van der Waals surface area (Å²) in [6, 6.07) is 14.7. The number of amides is 3. The minimum Gasteiger partial charge on any atom is -0.378 e. The lowest BCUT2D eigenvalue weighted by Crippen LogP contribution is -2.59. The summed E-state index contributed by atoms with van der Waals surface area (Å²) in [6.45, 7) is 4.93. The van der Waals surface area contributed by atoms with Crippen LogP contribution < -0.4 is 16.2 Å². The first kappa shape index (κ1) is 21.6. The molecule has 4 rings (SSSR count). The molecule has 2 aliphatic heterocycles. The minimum absolute atomic E-state index is 0.0597. The first-order chi connectivity index (χ1) is 15.0. The summed E-state index contributed by atoms with van der Waals surface area (Å²) >= 11 is 6.20. The molecule has 0 unspecified atom stereocenters. The van der Waals surface area contributed by atoms with Crippen molar-refractivity contribution in [2.24, 2.45) is 5.84 Å². The Morgan fingerprint density at radius 2 is 1.81 bits per heavy atom. The fourth-order valence-corrected chi connectivity index (χ4v) is 4.01. The van der Waals surface area contributed by atoms with Crippen LogP contribution in [0.4, 0.5) is 10.5 Å². The molecule has 164 valence electrons. The third-order valence-corrected chi connectivity index (χ3v) is 6.00. The average molecular weight is 444 g/mol. The molecule has 0 spiro atoms. The average Bonchev–Trinajstić information content (AvgIpc) is 2.76. The largest absolute Gasteiger partial charge is 0.378 e. The number of rotatable bonds is 5. The zero-order valence-corrected chi connectivity index (χ0v) is 17.9. The van der Waals surface area contributed by atoms with Crippen LogP contribution >= 0.6 is 11.6 Å². The van der Waals surface area contributed by atoms with Crippen molar-refractivity contribution in [3.63, 3.8) is 0 Å². The van der Waals surface area contributed by atoms with Gasteiger partial charge in [-0.3, -0.25) is 20.0 Å². The second-order valence-corrected chi connectivity index (χ2v) is 8.17. The molecule has 2 heterocycles. The lowest BCUT2D eigenvalue weighted by molar-refractivity contribution is -0.0738. The zero-order chi connectivity index (χ0) is 21.8. The van der Waals surface area contributed by atoms with Gasteiger partial charge < -0.3 is 9.64 Å². The number of hydrogen-bond acceptors (Lipinski definition) is 5. The van der Waals surface area contributed by atoms with Crippen LogP contribution in [0.1, 0.15) is 15.9 Å². The van der Waals surface area contributed by atoms with Crippen molar-refractivity contribution in [3.8, 4) is 0 Å². The highest BCUT2D eigenvalue weighted by molar-refractivity contribution is 6.30. The molecule has 0 bridgehead atoms. The lowest BCUT2D eigenvalue weighted by atomic mass is 10.1. The highest BCUT2D eigenvalue weighted by atomic mass is 35.5. The van der Waals surface area contributed by atoms with E-state index in [0.717, 1.165) is 37.6 Å². The number of piperazine rings is 1. The molecular weight excluding hydrogens is 418 g/mol. The van der Waals surface area contributed by atoms with Gasteiger partial charge in [0, 0.05) is 42.5 Å². The molecule has 0 saturated carbocycles. The Balaban J connectivity index is 1.50. The molecule has 2 aromatic carbocycles. The number of benzene rings is 2. The van der Waals surface area contributed by atoms with Crippen LogP contribution in [0.25, 0.3) is 0 Å². The number of anilines is 1. The van der Waals surface area contributed by atoms with E-state index in [1.807, 2.05) is 29.2 Å². The van der Waals surface area contributed by atoms with Crippen LogP contribution in [-0.4, -0.2) is 67.2 Å². The monoisotopic (exact) mass is 443 g/mol. The Bertz CT molecular complexity index is 927. The number of ether oxygens (including phenoxy) is 1. The van der Waals surface area contributed by atoms with Gasteiger partial charge in [0.15, 0.2) is 0 Å². The number of nitrogens with zero attached hydrogens (tertiary/aromatic N) is 3. The Labute approximate surface area is 186 Å². The highest BCUT2D eigenvalue weighted by Gasteiger charge is 2.32. The molecule has 0 aliphatic carbocycles. The lowest BCUT2D eigenvalue weighted by Gasteiger charge is -2.43. The molecule has 3 N–H and O–H groups in total. The molecule has 2 aromatic rings. The maximum atomic E-state index is 13.5. The van der Waals surface area contributed by atoms with Gasteiger partial charge >= 0.3 is 6.03 Å². The van der Waals surface area contributed by atoms with E-state index < -0.39 is 0 Å². The number of hydrogen-bond donors (Lipinski definition) is 2. The highest BCUT2D eigenvalue weighted by Crippen LogP contribution is 2.24. The number of halogens is 1. The molecule has 9 heteroatoms. The first-order valence-corrected chi connectivity index (χ1v) is 10.7. The van der Waals surface area contributed by atoms with Crippen LogP contribution in [0.3, 0.4) is 0 Å².